The number of nitrogens with zero attached hydrogens (tertiary/aromatic N) is 1. The Labute approximate surface area is 87.3 Å². The van der Waals surface area contributed by atoms with Crippen LogP contribution in [-0.2, 0) is 9.53 Å². The van der Waals surface area contributed by atoms with Crippen LogP contribution in [0.3, 0.4) is 0 Å². The van der Waals surface area contributed by atoms with E-state index in [1.165, 1.54) is 19.2 Å². The summed E-state index contributed by atoms with van der Waals surface area (Å²) >= 11 is 0. The SMILES string of the molecule is CC(=O)C(N)COC(=O)c1ccccn1. The second kappa shape index (κ2) is 5.21. The number of rotatable bonds is 4. The highest BCUT2D eigenvalue weighted by molar-refractivity contribution is 5.87. The third-order valence-corrected chi connectivity index (χ3v) is 1.79. The maximum absolute atomic E-state index is 11.3. The molecule has 0 fully saturated rings. The van der Waals surface area contributed by atoms with E-state index in [1.807, 2.05) is 0 Å². The molecule has 0 saturated heterocycles. The van der Waals surface area contributed by atoms with Gasteiger partial charge in [-0.05, 0) is 19.1 Å². The van der Waals surface area contributed by atoms with Gasteiger partial charge in [-0.25, -0.2) is 9.78 Å². The number of hydrogen-bond donors (Lipinski definition) is 1. The monoisotopic (exact) mass is 208 g/mol. The molecule has 5 nitrogen and oxygen atoms in total. The summed E-state index contributed by atoms with van der Waals surface area (Å²) in [6.07, 6.45) is 1.49. The van der Waals surface area contributed by atoms with Crippen LogP contribution in [0.15, 0.2) is 24.4 Å². The van der Waals surface area contributed by atoms with Crippen molar-refractivity contribution in [1.29, 1.82) is 0 Å². The fraction of sp³-hybridized carbons (Fsp3) is 0.300. The van der Waals surface area contributed by atoms with Crippen LogP contribution in [0.2, 0.25) is 0 Å². The minimum absolute atomic E-state index is 0.120. The van der Waals surface area contributed by atoms with Gasteiger partial charge in [-0.3, -0.25) is 4.79 Å². The Kier molecular flexibility index (Phi) is 3.93. The first kappa shape index (κ1) is 11.3. The molecule has 0 bridgehead atoms. The highest BCUT2D eigenvalue weighted by Gasteiger charge is 2.13. The van der Waals surface area contributed by atoms with Gasteiger partial charge in [0.05, 0.1) is 6.04 Å². The molecule has 0 aromatic carbocycles. The number of carbonyl (C=O) groups excluding carboxylic acids is 2. The van der Waals surface area contributed by atoms with Gasteiger partial charge in [-0.1, -0.05) is 6.07 Å². The van der Waals surface area contributed by atoms with E-state index in [0.717, 1.165) is 0 Å². The van der Waals surface area contributed by atoms with Gasteiger partial charge < -0.3 is 10.5 Å². The average Bonchev–Trinajstić information content (AvgIpc) is 2.26. The summed E-state index contributed by atoms with van der Waals surface area (Å²) in [4.78, 5) is 25.9. The molecule has 0 aliphatic heterocycles. The van der Waals surface area contributed by atoms with Crippen molar-refractivity contribution in [3.8, 4) is 0 Å². The van der Waals surface area contributed by atoms with Gasteiger partial charge in [0.25, 0.3) is 0 Å². The molecule has 15 heavy (non-hydrogen) atoms. The summed E-state index contributed by atoms with van der Waals surface area (Å²) in [6, 6.07) is 4.13. The predicted octanol–water partition coefficient (Wildman–Crippen LogP) is 0.155. The van der Waals surface area contributed by atoms with Crippen molar-refractivity contribution in [3.63, 3.8) is 0 Å². The predicted molar refractivity (Wildman–Crippen MR) is 53.2 cm³/mol. The Balaban J connectivity index is 2.47. The molecule has 5 heteroatoms. The Morgan fingerprint density at radius 2 is 2.27 bits per heavy atom. The molecule has 1 aromatic rings. The minimum atomic E-state index is -0.766. The van der Waals surface area contributed by atoms with Crippen molar-refractivity contribution in [1.82, 2.24) is 4.98 Å². The molecule has 0 amide bonds. The number of carbonyl (C=O) groups is 2. The topological polar surface area (TPSA) is 82.3 Å². The number of aromatic nitrogens is 1. The standard InChI is InChI=1S/C10H12N2O3/c1-7(13)8(11)6-15-10(14)9-4-2-3-5-12-9/h2-5,8H,6,11H2,1H3. The molecule has 0 aliphatic rings. The Morgan fingerprint density at radius 3 is 2.80 bits per heavy atom. The van der Waals surface area contributed by atoms with E-state index >= 15 is 0 Å². The summed E-state index contributed by atoms with van der Waals surface area (Å²) in [5, 5.41) is 0. The van der Waals surface area contributed by atoms with E-state index in [1.54, 1.807) is 12.1 Å². The van der Waals surface area contributed by atoms with Crippen LogP contribution in [0.25, 0.3) is 0 Å². The maximum Gasteiger partial charge on any atom is 0.356 e. The van der Waals surface area contributed by atoms with Crippen LogP contribution in [0, 0.1) is 0 Å². The number of esters is 1. The molecule has 0 aliphatic carbocycles. The van der Waals surface area contributed by atoms with Gasteiger partial charge in [-0.2, -0.15) is 0 Å². The smallest absolute Gasteiger partial charge is 0.356 e. The lowest BCUT2D eigenvalue weighted by atomic mass is 10.2. The van der Waals surface area contributed by atoms with E-state index in [2.05, 4.69) is 4.98 Å². The molecule has 1 atom stereocenters. The van der Waals surface area contributed by atoms with Crippen LogP contribution in [0.1, 0.15) is 17.4 Å². The van der Waals surface area contributed by atoms with Crippen LogP contribution in [-0.4, -0.2) is 29.4 Å². The number of ketones is 1. The highest BCUT2D eigenvalue weighted by atomic mass is 16.5. The lowest BCUT2D eigenvalue weighted by Gasteiger charge is -2.08. The summed E-state index contributed by atoms with van der Waals surface area (Å²) in [5.41, 5.74) is 5.60. The molecule has 1 unspecified atom stereocenters. The van der Waals surface area contributed by atoms with Crippen LogP contribution in [0.4, 0.5) is 0 Å². The van der Waals surface area contributed by atoms with Crippen LogP contribution in [0.5, 0.6) is 0 Å². The number of hydrogen-bond acceptors (Lipinski definition) is 5. The molecule has 1 heterocycles. The normalized spacial score (nSPS) is 11.9. The number of Topliss-reactive ketones (excluding diaryl/α,β-unsaturated/α-hetero) is 1. The van der Waals surface area contributed by atoms with Crippen molar-refractivity contribution in [2.75, 3.05) is 6.61 Å². The summed E-state index contributed by atoms with van der Waals surface area (Å²) < 4.78 is 4.80. The number of pyridine rings is 1. The van der Waals surface area contributed by atoms with Gasteiger partial charge >= 0.3 is 5.97 Å². The Hall–Kier alpha value is -1.75. The first-order valence-electron chi connectivity index (χ1n) is 4.45. The zero-order chi connectivity index (χ0) is 11.3. The summed E-state index contributed by atoms with van der Waals surface area (Å²) in [6.45, 7) is 1.23. The first-order chi connectivity index (χ1) is 7.11. The first-order valence-corrected chi connectivity index (χ1v) is 4.45. The molecule has 1 aromatic heterocycles. The molecule has 0 saturated carbocycles. The molecular weight excluding hydrogens is 196 g/mol. The van der Waals surface area contributed by atoms with Gasteiger partial charge in [0.2, 0.25) is 0 Å². The second-order valence-corrected chi connectivity index (χ2v) is 3.03. The van der Waals surface area contributed by atoms with Crippen LogP contribution < -0.4 is 5.73 Å². The zero-order valence-electron chi connectivity index (χ0n) is 8.34. The van der Waals surface area contributed by atoms with E-state index in [0.29, 0.717) is 0 Å². The number of ether oxygens (including phenoxy) is 1. The quantitative estimate of drug-likeness (QED) is 0.712. The summed E-state index contributed by atoms with van der Waals surface area (Å²) in [5.74, 6) is -0.795. The fourth-order valence-corrected chi connectivity index (χ4v) is 0.840. The second-order valence-electron chi connectivity index (χ2n) is 3.03. The molecule has 2 N–H and O–H groups in total. The highest BCUT2D eigenvalue weighted by Crippen LogP contribution is 1.97. The lowest BCUT2D eigenvalue weighted by Crippen LogP contribution is -2.34. The van der Waals surface area contributed by atoms with E-state index in [4.69, 9.17) is 10.5 Å². The fourth-order valence-electron chi connectivity index (χ4n) is 0.840. The van der Waals surface area contributed by atoms with E-state index < -0.39 is 12.0 Å². The minimum Gasteiger partial charge on any atom is -0.459 e. The van der Waals surface area contributed by atoms with Gasteiger partial charge in [0.1, 0.15) is 18.1 Å². The molecule has 0 radical (unpaired) electrons. The molecule has 80 valence electrons. The largest absolute Gasteiger partial charge is 0.459 e. The van der Waals surface area contributed by atoms with Crippen molar-refractivity contribution in [2.45, 2.75) is 13.0 Å². The maximum atomic E-state index is 11.3. The van der Waals surface area contributed by atoms with Gasteiger partial charge in [0.15, 0.2) is 0 Å². The molecule has 0 spiro atoms. The average molecular weight is 208 g/mol. The lowest BCUT2D eigenvalue weighted by molar-refractivity contribution is -0.119. The van der Waals surface area contributed by atoms with Crippen molar-refractivity contribution >= 4 is 11.8 Å². The van der Waals surface area contributed by atoms with E-state index in [9.17, 15) is 9.59 Å². The molecular formula is C10H12N2O3. The Morgan fingerprint density at radius 1 is 1.53 bits per heavy atom. The number of nitrogens with two attached hydrogens (primary N) is 1. The summed E-state index contributed by atoms with van der Waals surface area (Å²) in [7, 11) is 0. The third kappa shape index (κ3) is 3.47. The Bertz CT molecular complexity index is 351. The van der Waals surface area contributed by atoms with Gasteiger partial charge in [0, 0.05) is 6.20 Å². The third-order valence-electron chi connectivity index (χ3n) is 1.79. The van der Waals surface area contributed by atoms with Crippen molar-refractivity contribution < 1.29 is 14.3 Å². The van der Waals surface area contributed by atoms with E-state index in [-0.39, 0.29) is 18.1 Å². The van der Waals surface area contributed by atoms with Crippen LogP contribution >= 0.6 is 0 Å². The van der Waals surface area contributed by atoms with Gasteiger partial charge in [-0.15, -0.1) is 0 Å². The zero-order valence-corrected chi connectivity index (χ0v) is 8.34. The van der Waals surface area contributed by atoms with Crippen molar-refractivity contribution in [2.24, 2.45) is 5.73 Å². The molecule has 1 rings (SSSR count). The van der Waals surface area contributed by atoms with Crippen molar-refractivity contribution in [3.05, 3.63) is 30.1 Å².